The van der Waals surface area contributed by atoms with Gasteiger partial charge in [0.1, 0.15) is 58.6 Å². The largest absolute Gasteiger partial charge is 0.490 e. The molecule has 6 heterocycles. The first-order chi connectivity index (χ1) is 26.6. The van der Waals surface area contributed by atoms with Crippen molar-refractivity contribution in [3.05, 3.63) is 57.7 Å². The van der Waals surface area contributed by atoms with E-state index in [0.29, 0.717) is 42.8 Å². The Labute approximate surface area is 323 Å². The zero-order valence-corrected chi connectivity index (χ0v) is 31.1. The molecule has 3 aliphatic heterocycles. The van der Waals surface area contributed by atoms with Crippen molar-refractivity contribution in [2.75, 3.05) is 49.2 Å². The van der Waals surface area contributed by atoms with Gasteiger partial charge in [-0.05, 0) is 56.3 Å². The first-order valence-corrected chi connectivity index (χ1v) is 18.8. The van der Waals surface area contributed by atoms with Gasteiger partial charge in [-0.3, -0.25) is 4.90 Å². The number of nitriles is 1. The number of nitrogens with two attached hydrogens (primary N) is 2. The standard InChI is InChI=1S/C37H32ClF7N8O2S/c1-16(20-10-18(38)13-49-32(20)47)53-7-8-54-30-26-29(50-35(51-34(26)53)55-15-36-5-2-6-52(36)14-17(11-36)9-23(40)41)28(42)25(27(30)37(43,44)45)19-3-4-22(39)31-24(19)21(12-46)33(48)56-31/h3-4,10,13,16-17,23H,2,5-9,11,14-15,48H2,1H3,(H2,47,49). The predicted molar refractivity (Wildman–Crippen MR) is 197 cm³/mol. The Morgan fingerprint density at radius 3 is 2.70 bits per heavy atom. The van der Waals surface area contributed by atoms with E-state index < -0.39 is 69.2 Å². The number of nitrogens with zero attached hydrogens (tertiary/aromatic N) is 6. The van der Waals surface area contributed by atoms with Gasteiger partial charge in [0.15, 0.2) is 5.82 Å². The van der Waals surface area contributed by atoms with Crippen molar-refractivity contribution in [2.45, 2.75) is 56.8 Å². The second-order valence-corrected chi connectivity index (χ2v) is 15.8. The molecule has 0 radical (unpaired) electrons. The quantitative estimate of drug-likeness (QED) is 0.146. The summed E-state index contributed by atoms with van der Waals surface area (Å²) in [6.07, 6.45) is -4.86. The van der Waals surface area contributed by atoms with Gasteiger partial charge < -0.3 is 25.8 Å². The number of fused-ring (bicyclic) bond motifs is 2. The number of hydrogen-bond donors (Lipinski definition) is 2. The maximum Gasteiger partial charge on any atom is 0.420 e. The Bertz CT molecular complexity index is 2440. The van der Waals surface area contributed by atoms with Gasteiger partial charge in [-0.2, -0.15) is 28.4 Å². The zero-order valence-electron chi connectivity index (χ0n) is 29.5. The number of benzene rings is 2. The van der Waals surface area contributed by atoms with Crippen molar-refractivity contribution in [2.24, 2.45) is 5.92 Å². The molecule has 0 amide bonds. The molecule has 2 fully saturated rings. The van der Waals surface area contributed by atoms with Crippen LogP contribution in [-0.4, -0.2) is 64.7 Å². The SMILES string of the molecule is CC(c1cc(Cl)cnc1N)N1CCOc2c(C(F)(F)F)c(-c3ccc(F)c4sc(N)c(C#N)c34)c(F)c3nc(OCC45CCCN4CC(CC(F)F)C5)nc1c23. The van der Waals surface area contributed by atoms with E-state index in [9.17, 15) is 14.0 Å². The van der Waals surface area contributed by atoms with Crippen LogP contribution in [0.1, 0.15) is 55.3 Å². The molecule has 294 valence electrons. The van der Waals surface area contributed by atoms with Crippen LogP contribution in [0.5, 0.6) is 11.8 Å². The van der Waals surface area contributed by atoms with Crippen LogP contribution >= 0.6 is 22.9 Å². The van der Waals surface area contributed by atoms with Gasteiger partial charge in [0.2, 0.25) is 6.43 Å². The first kappa shape index (κ1) is 38.0. The Morgan fingerprint density at radius 2 is 1.96 bits per heavy atom. The third-order valence-electron chi connectivity index (χ3n) is 11.0. The fraction of sp³-hybridized carbons (Fsp3) is 0.405. The lowest BCUT2D eigenvalue weighted by molar-refractivity contribution is -0.138. The minimum absolute atomic E-state index is 0.0604. The fourth-order valence-corrected chi connectivity index (χ4v) is 9.78. The van der Waals surface area contributed by atoms with Crippen molar-refractivity contribution in [1.29, 1.82) is 5.26 Å². The van der Waals surface area contributed by atoms with Crippen LogP contribution in [0.2, 0.25) is 5.02 Å². The summed E-state index contributed by atoms with van der Waals surface area (Å²) in [5.41, 5.74) is 8.05. The molecule has 10 nitrogen and oxygen atoms in total. The lowest BCUT2D eigenvalue weighted by Gasteiger charge is -2.32. The van der Waals surface area contributed by atoms with E-state index in [2.05, 4.69) is 19.9 Å². The summed E-state index contributed by atoms with van der Waals surface area (Å²) in [5.74, 6) is -3.50. The van der Waals surface area contributed by atoms with Gasteiger partial charge in [0.25, 0.3) is 0 Å². The summed E-state index contributed by atoms with van der Waals surface area (Å²) in [6, 6.07) is 4.04. The van der Waals surface area contributed by atoms with Crippen LogP contribution < -0.4 is 25.8 Å². The second kappa shape index (κ2) is 14.0. The van der Waals surface area contributed by atoms with Gasteiger partial charge in [-0.25, -0.2) is 22.5 Å². The van der Waals surface area contributed by atoms with Crippen LogP contribution in [0.3, 0.4) is 0 Å². The highest BCUT2D eigenvalue weighted by Crippen LogP contribution is 2.54. The van der Waals surface area contributed by atoms with Crippen LogP contribution in [0.25, 0.3) is 32.1 Å². The highest BCUT2D eigenvalue weighted by molar-refractivity contribution is 7.23. The van der Waals surface area contributed by atoms with Crippen molar-refractivity contribution < 1.29 is 40.2 Å². The average molecular weight is 821 g/mol. The number of halogens is 8. The molecule has 4 N–H and O–H groups in total. The summed E-state index contributed by atoms with van der Waals surface area (Å²) in [5, 5.41) is 9.29. The predicted octanol–water partition coefficient (Wildman–Crippen LogP) is 8.74. The number of aromatic nitrogens is 3. The molecule has 3 atom stereocenters. The van der Waals surface area contributed by atoms with Crippen LogP contribution in [0.4, 0.5) is 47.4 Å². The topological polar surface area (TPSA) is 139 Å². The number of pyridine rings is 1. The van der Waals surface area contributed by atoms with Crippen molar-refractivity contribution >= 4 is 60.6 Å². The monoisotopic (exact) mass is 820 g/mol. The highest BCUT2D eigenvalue weighted by Gasteiger charge is 2.50. The van der Waals surface area contributed by atoms with Gasteiger partial charge in [0, 0.05) is 35.7 Å². The lowest BCUT2D eigenvalue weighted by atomic mass is 9.89. The Morgan fingerprint density at radius 1 is 1.18 bits per heavy atom. The third-order valence-corrected chi connectivity index (χ3v) is 12.3. The molecule has 3 unspecified atom stereocenters. The first-order valence-electron chi connectivity index (χ1n) is 17.6. The van der Waals surface area contributed by atoms with Gasteiger partial charge in [0.05, 0.1) is 38.8 Å². The Hall–Kier alpha value is -4.86. The molecule has 56 heavy (non-hydrogen) atoms. The molecule has 0 aliphatic carbocycles. The minimum atomic E-state index is -5.27. The van der Waals surface area contributed by atoms with E-state index in [1.54, 1.807) is 17.9 Å². The van der Waals surface area contributed by atoms with Gasteiger partial charge >= 0.3 is 12.2 Å². The fourth-order valence-electron chi connectivity index (χ4n) is 8.66. The lowest BCUT2D eigenvalue weighted by Crippen LogP contribution is -2.43. The Balaban J connectivity index is 1.38. The summed E-state index contributed by atoms with van der Waals surface area (Å²) in [4.78, 5) is 16.8. The minimum Gasteiger partial charge on any atom is -0.490 e. The number of ether oxygens (including phenoxy) is 2. The number of nitrogen functional groups attached to an aromatic ring is 2. The molecule has 2 aromatic carbocycles. The van der Waals surface area contributed by atoms with Crippen LogP contribution in [0.15, 0.2) is 24.4 Å². The van der Waals surface area contributed by atoms with Crippen molar-refractivity contribution in [1.82, 2.24) is 19.9 Å². The normalized spacial score (nSPS) is 20.4. The molecular weight excluding hydrogens is 789 g/mol. The summed E-state index contributed by atoms with van der Waals surface area (Å²) < 4.78 is 118. The average Bonchev–Trinajstić information content (AvgIpc) is 3.75. The van der Waals surface area contributed by atoms with Crippen molar-refractivity contribution in [3.8, 4) is 29.0 Å². The third kappa shape index (κ3) is 6.24. The van der Waals surface area contributed by atoms with E-state index >= 15 is 22.0 Å². The maximum absolute atomic E-state index is 17.5. The molecule has 8 rings (SSSR count). The molecule has 3 aromatic heterocycles. The van der Waals surface area contributed by atoms with Crippen molar-refractivity contribution in [3.63, 3.8) is 0 Å². The van der Waals surface area contributed by atoms with E-state index in [-0.39, 0.29) is 75.4 Å². The van der Waals surface area contributed by atoms with Crippen LogP contribution in [0, 0.1) is 28.9 Å². The maximum atomic E-state index is 17.5. The number of hydrogen-bond acceptors (Lipinski definition) is 11. The second-order valence-electron chi connectivity index (χ2n) is 14.3. The number of anilines is 3. The molecule has 19 heteroatoms. The summed E-state index contributed by atoms with van der Waals surface area (Å²) >= 11 is 6.91. The Kier molecular flexibility index (Phi) is 9.48. The van der Waals surface area contributed by atoms with Gasteiger partial charge in [-0.1, -0.05) is 17.7 Å². The molecule has 0 saturated carbocycles. The molecule has 0 spiro atoms. The summed E-state index contributed by atoms with van der Waals surface area (Å²) in [6.45, 7) is 2.29. The van der Waals surface area contributed by atoms with E-state index in [1.165, 1.54) is 6.20 Å². The number of thiophene rings is 1. The molecule has 2 saturated heterocycles. The smallest absolute Gasteiger partial charge is 0.420 e. The highest BCUT2D eigenvalue weighted by atomic mass is 35.5. The molecule has 5 aromatic rings. The van der Waals surface area contributed by atoms with E-state index in [1.807, 2.05) is 6.07 Å². The number of alkyl halides is 5. The number of rotatable bonds is 8. The van der Waals surface area contributed by atoms with Crippen LogP contribution in [-0.2, 0) is 6.18 Å². The van der Waals surface area contributed by atoms with E-state index in [4.69, 9.17) is 32.5 Å². The van der Waals surface area contributed by atoms with E-state index in [0.717, 1.165) is 18.6 Å². The summed E-state index contributed by atoms with van der Waals surface area (Å²) in [7, 11) is 0. The molecular formula is C37H32ClF7N8O2S. The zero-order chi connectivity index (χ0) is 39.8. The molecule has 0 bridgehead atoms. The van der Waals surface area contributed by atoms with Gasteiger partial charge in [-0.15, -0.1) is 11.3 Å². The molecule has 3 aliphatic rings.